The summed E-state index contributed by atoms with van der Waals surface area (Å²) < 4.78 is 15.7. The van der Waals surface area contributed by atoms with Gasteiger partial charge in [0.25, 0.3) is 5.84 Å². The third-order valence-electron chi connectivity index (χ3n) is 2.26. The van der Waals surface area contributed by atoms with E-state index in [0.717, 1.165) is 11.1 Å². The number of hydrogen-bond donors (Lipinski definition) is 2. The van der Waals surface area contributed by atoms with E-state index in [-0.39, 0.29) is 0 Å². The van der Waals surface area contributed by atoms with Gasteiger partial charge in [-0.1, -0.05) is 12.1 Å². The lowest BCUT2D eigenvalue weighted by atomic mass is 10.1. The van der Waals surface area contributed by atoms with Crippen LogP contribution in [-0.2, 0) is 20.6 Å². The van der Waals surface area contributed by atoms with Gasteiger partial charge < -0.3 is 14.0 Å². The fourth-order valence-corrected chi connectivity index (χ4v) is 1.39. The standard InChI is InChI=1S/C10H13BN2O3/c12-10(13)9-3-1-8(2-4-9)7-16-11-14-5-6-15-11/h1-4H,5-7H2,(H3,12,13)/p+1. The first-order valence-electron chi connectivity index (χ1n) is 5.08. The van der Waals surface area contributed by atoms with E-state index in [1.165, 1.54) is 0 Å². The molecule has 0 aromatic heterocycles. The summed E-state index contributed by atoms with van der Waals surface area (Å²) in [4.78, 5) is 0. The molecule has 0 saturated carbocycles. The fraction of sp³-hybridized carbons (Fsp3) is 0.300. The molecular formula is C10H14BN2O3+. The molecule has 0 spiro atoms. The fourth-order valence-electron chi connectivity index (χ4n) is 1.39. The van der Waals surface area contributed by atoms with Crippen LogP contribution in [0.5, 0.6) is 0 Å². The van der Waals surface area contributed by atoms with Crippen molar-refractivity contribution in [1.29, 1.82) is 0 Å². The Bertz CT molecular complexity index is 363. The lowest BCUT2D eigenvalue weighted by Gasteiger charge is -2.05. The number of benzene rings is 1. The van der Waals surface area contributed by atoms with Crippen LogP contribution in [0.4, 0.5) is 0 Å². The lowest BCUT2D eigenvalue weighted by molar-refractivity contribution is -0.114. The SMILES string of the molecule is NC(=[NH2+])c1ccc(COB2OCCO2)cc1. The van der Waals surface area contributed by atoms with Crippen molar-refractivity contribution >= 4 is 13.2 Å². The average molecular weight is 221 g/mol. The lowest BCUT2D eigenvalue weighted by Crippen LogP contribution is -2.46. The van der Waals surface area contributed by atoms with Crippen molar-refractivity contribution in [2.24, 2.45) is 5.73 Å². The van der Waals surface area contributed by atoms with Gasteiger partial charge in [-0.25, -0.2) is 0 Å². The van der Waals surface area contributed by atoms with Crippen LogP contribution >= 0.6 is 0 Å². The zero-order valence-corrected chi connectivity index (χ0v) is 8.89. The van der Waals surface area contributed by atoms with Gasteiger partial charge in [0.05, 0.1) is 25.4 Å². The van der Waals surface area contributed by atoms with Crippen molar-refractivity contribution in [3.05, 3.63) is 35.4 Å². The summed E-state index contributed by atoms with van der Waals surface area (Å²) in [5.41, 5.74) is 7.29. The first-order chi connectivity index (χ1) is 7.75. The molecule has 1 fully saturated rings. The molecule has 1 heterocycles. The van der Waals surface area contributed by atoms with Gasteiger partial charge in [0.1, 0.15) is 0 Å². The number of hydrogen-bond acceptors (Lipinski definition) is 3. The van der Waals surface area contributed by atoms with Crippen molar-refractivity contribution in [3.8, 4) is 0 Å². The highest BCUT2D eigenvalue weighted by Crippen LogP contribution is 2.08. The molecule has 1 aliphatic rings. The molecule has 5 nitrogen and oxygen atoms in total. The number of nitrogens with two attached hydrogens (primary N) is 2. The maximum atomic E-state index is 5.46. The minimum atomic E-state index is -0.536. The molecule has 0 amide bonds. The molecule has 4 N–H and O–H groups in total. The van der Waals surface area contributed by atoms with Crippen LogP contribution in [0, 0.1) is 0 Å². The molecule has 1 aromatic carbocycles. The Hall–Kier alpha value is -1.37. The summed E-state index contributed by atoms with van der Waals surface area (Å²) >= 11 is 0. The normalized spacial score (nSPS) is 15.4. The third-order valence-corrected chi connectivity index (χ3v) is 2.26. The predicted molar refractivity (Wildman–Crippen MR) is 59.1 cm³/mol. The minimum absolute atomic E-state index is 0.315. The zero-order valence-electron chi connectivity index (χ0n) is 8.89. The minimum Gasteiger partial charge on any atom is -0.384 e. The molecule has 0 unspecified atom stereocenters. The van der Waals surface area contributed by atoms with Crippen LogP contribution in [0.3, 0.4) is 0 Å². The molecule has 16 heavy (non-hydrogen) atoms. The molecular weight excluding hydrogens is 207 g/mol. The largest absolute Gasteiger partial charge is 0.639 e. The van der Waals surface area contributed by atoms with E-state index >= 15 is 0 Å². The summed E-state index contributed by atoms with van der Waals surface area (Å²) in [5.74, 6) is 0.315. The van der Waals surface area contributed by atoms with Gasteiger partial charge in [-0.15, -0.1) is 0 Å². The highest BCUT2D eigenvalue weighted by Gasteiger charge is 2.26. The Morgan fingerprint density at radius 2 is 1.94 bits per heavy atom. The van der Waals surface area contributed by atoms with Crippen LogP contribution < -0.4 is 11.1 Å². The van der Waals surface area contributed by atoms with Crippen molar-refractivity contribution in [2.75, 3.05) is 13.2 Å². The molecule has 0 radical (unpaired) electrons. The van der Waals surface area contributed by atoms with Gasteiger partial charge >= 0.3 is 7.32 Å². The van der Waals surface area contributed by atoms with Gasteiger partial charge in [-0.2, -0.15) is 0 Å². The van der Waals surface area contributed by atoms with Gasteiger partial charge in [-0.3, -0.25) is 11.1 Å². The molecule has 1 aliphatic heterocycles. The zero-order chi connectivity index (χ0) is 11.4. The first-order valence-corrected chi connectivity index (χ1v) is 5.08. The van der Waals surface area contributed by atoms with Gasteiger partial charge in [0, 0.05) is 0 Å². The quantitative estimate of drug-likeness (QED) is 0.376. The van der Waals surface area contributed by atoms with E-state index in [9.17, 15) is 0 Å². The van der Waals surface area contributed by atoms with Crippen molar-refractivity contribution in [2.45, 2.75) is 6.61 Å². The first kappa shape index (κ1) is 11.1. The second-order valence-corrected chi connectivity index (χ2v) is 3.49. The van der Waals surface area contributed by atoms with E-state index < -0.39 is 7.32 Å². The predicted octanol–water partition coefficient (Wildman–Crippen LogP) is -1.30. The maximum absolute atomic E-state index is 5.46. The highest BCUT2D eigenvalue weighted by atomic mass is 16.8. The molecule has 1 aromatic rings. The molecule has 84 valence electrons. The maximum Gasteiger partial charge on any atom is 0.639 e. The summed E-state index contributed by atoms with van der Waals surface area (Å²) in [6.07, 6.45) is 0. The number of amidine groups is 1. The Morgan fingerprint density at radius 1 is 1.31 bits per heavy atom. The second kappa shape index (κ2) is 5.11. The average Bonchev–Trinajstić information content (AvgIpc) is 2.80. The van der Waals surface area contributed by atoms with Crippen molar-refractivity contribution in [3.63, 3.8) is 0 Å². The highest BCUT2D eigenvalue weighted by molar-refractivity contribution is 6.36. The van der Waals surface area contributed by atoms with Crippen LogP contribution in [0.25, 0.3) is 0 Å². The topological polar surface area (TPSA) is 79.3 Å². The van der Waals surface area contributed by atoms with Gasteiger partial charge in [0.2, 0.25) is 0 Å². The molecule has 0 aliphatic carbocycles. The molecule has 2 rings (SSSR count). The Morgan fingerprint density at radius 3 is 2.50 bits per heavy atom. The second-order valence-electron chi connectivity index (χ2n) is 3.49. The van der Waals surface area contributed by atoms with Crippen molar-refractivity contribution in [1.82, 2.24) is 0 Å². The van der Waals surface area contributed by atoms with E-state index in [2.05, 4.69) is 0 Å². The number of rotatable bonds is 4. The van der Waals surface area contributed by atoms with E-state index in [1.807, 2.05) is 24.3 Å². The third kappa shape index (κ3) is 2.82. The smallest absolute Gasteiger partial charge is 0.384 e. The van der Waals surface area contributed by atoms with Crippen LogP contribution in [0.2, 0.25) is 0 Å². The summed E-state index contributed by atoms with van der Waals surface area (Å²) in [7, 11) is -0.536. The summed E-state index contributed by atoms with van der Waals surface area (Å²) in [6.45, 7) is 1.61. The molecule has 0 atom stereocenters. The Labute approximate surface area is 94.2 Å². The summed E-state index contributed by atoms with van der Waals surface area (Å²) in [6, 6.07) is 7.52. The Balaban J connectivity index is 1.87. The van der Waals surface area contributed by atoms with Crippen LogP contribution in [0.15, 0.2) is 24.3 Å². The van der Waals surface area contributed by atoms with Crippen LogP contribution in [-0.4, -0.2) is 26.4 Å². The van der Waals surface area contributed by atoms with E-state index in [0.29, 0.717) is 25.7 Å². The van der Waals surface area contributed by atoms with Gasteiger partial charge in [0.15, 0.2) is 0 Å². The van der Waals surface area contributed by atoms with Gasteiger partial charge in [-0.05, 0) is 17.7 Å². The molecule has 6 heteroatoms. The van der Waals surface area contributed by atoms with E-state index in [1.54, 1.807) is 0 Å². The van der Waals surface area contributed by atoms with Crippen molar-refractivity contribution < 1.29 is 19.4 Å². The molecule has 1 saturated heterocycles. The summed E-state index contributed by atoms with van der Waals surface area (Å²) in [5, 5.41) is 5.46. The Kier molecular flexibility index (Phi) is 3.56. The van der Waals surface area contributed by atoms with E-state index in [4.69, 9.17) is 25.1 Å². The molecule has 0 bridgehead atoms. The monoisotopic (exact) mass is 221 g/mol. The van der Waals surface area contributed by atoms with Crippen LogP contribution in [0.1, 0.15) is 11.1 Å².